The molecule has 25 heavy (non-hydrogen) atoms. The number of hydrogen-bond donors (Lipinski definition) is 3. The molecule has 0 radical (unpaired) electrons. The quantitative estimate of drug-likeness (QED) is 0.373. The molecule has 0 atom stereocenters. The first-order valence-corrected chi connectivity index (χ1v) is 7.25. The molecule has 0 unspecified atom stereocenters. The zero-order chi connectivity index (χ0) is 17.6. The highest BCUT2D eigenvalue weighted by molar-refractivity contribution is 6.45. The van der Waals surface area contributed by atoms with E-state index < -0.39 is 5.84 Å². The number of aromatic nitrogens is 2. The van der Waals surface area contributed by atoms with E-state index in [-0.39, 0.29) is 5.71 Å². The molecule has 4 N–H and O–H groups in total. The van der Waals surface area contributed by atoms with Crippen LogP contribution in [0, 0.1) is 16.7 Å². The van der Waals surface area contributed by atoms with E-state index in [4.69, 9.17) is 20.9 Å². The third kappa shape index (κ3) is 3.68. The Kier molecular flexibility index (Phi) is 4.49. The third-order valence-electron chi connectivity index (χ3n) is 3.23. The van der Waals surface area contributed by atoms with Crippen LogP contribution >= 0.6 is 0 Å². The standard InChI is InChI=1S/C17H13N7O/c18-10-14(15(19)20)23-22-13-8-4-7-12(9-13)17-21-16(24-25-17)11-5-2-1-3-6-11/h1-9,22H,(H3,19,20)/b23-14+. The zero-order valence-electron chi connectivity index (χ0n) is 13.0. The van der Waals surface area contributed by atoms with Crippen molar-refractivity contribution in [1.29, 1.82) is 10.7 Å². The molecule has 0 aliphatic heterocycles. The van der Waals surface area contributed by atoms with Crippen LogP contribution in [0.15, 0.2) is 64.2 Å². The maximum Gasteiger partial charge on any atom is 0.258 e. The summed E-state index contributed by atoms with van der Waals surface area (Å²) in [5, 5.41) is 23.8. The second-order valence-corrected chi connectivity index (χ2v) is 4.97. The number of hydrazone groups is 1. The summed E-state index contributed by atoms with van der Waals surface area (Å²) in [6.45, 7) is 0. The Morgan fingerprint density at radius 3 is 2.64 bits per heavy atom. The molecule has 0 saturated carbocycles. The van der Waals surface area contributed by atoms with Crippen LogP contribution in [0.2, 0.25) is 0 Å². The molecular weight excluding hydrogens is 318 g/mol. The molecule has 8 heteroatoms. The lowest BCUT2D eigenvalue weighted by atomic mass is 10.2. The van der Waals surface area contributed by atoms with E-state index in [0.29, 0.717) is 23.0 Å². The first-order valence-electron chi connectivity index (χ1n) is 7.25. The van der Waals surface area contributed by atoms with E-state index >= 15 is 0 Å². The molecule has 1 heterocycles. The second-order valence-electron chi connectivity index (χ2n) is 4.97. The van der Waals surface area contributed by atoms with E-state index in [2.05, 4.69) is 20.7 Å². The monoisotopic (exact) mass is 331 g/mol. The van der Waals surface area contributed by atoms with Crippen LogP contribution in [-0.2, 0) is 0 Å². The van der Waals surface area contributed by atoms with Crippen LogP contribution < -0.4 is 11.2 Å². The van der Waals surface area contributed by atoms with Gasteiger partial charge in [-0.2, -0.15) is 15.3 Å². The topological polar surface area (TPSA) is 137 Å². The molecule has 0 spiro atoms. The van der Waals surface area contributed by atoms with Crippen molar-refractivity contribution < 1.29 is 4.52 Å². The molecule has 2 aromatic carbocycles. The van der Waals surface area contributed by atoms with Crippen molar-refractivity contribution in [2.45, 2.75) is 0 Å². The Morgan fingerprint density at radius 1 is 1.16 bits per heavy atom. The maximum absolute atomic E-state index is 8.84. The highest BCUT2D eigenvalue weighted by Crippen LogP contribution is 2.24. The van der Waals surface area contributed by atoms with Crippen LogP contribution in [-0.4, -0.2) is 21.7 Å². The maximum atomic E-state index is 8.84. The Morgan fingerprint density at radius 2 is 1.92 bits per heavy atom. The number of anilines is 1. The molecule has 0 aliphatic carbocycles. The fourth-order valence-electron chi connectivity index (χ4n) is 2.03. The molecule has 3 rings (SSSR count). The Balaban J connectivity index is 1.84. The fourth-order valence-corrected chi connectivity index (χ4v) is 2.03. The molecule has 0 bridgehead atoms. The van der Waals surface area contributed by atoms with Gasteiger partial charge in [0.05, 0.1) is 5.69 Å². The van der Waals surface area contributed by atoms with Gasteiger partial charge in [-0.05, 0) is 18.2 Å². The molecule has 122 valence electrons. The van der Waals surface area contributed by atoms with Crippen molar-refractivity contribution in [2.24, 2.45) is 10.8 Å². The first kappa shape index (κ1) is 15.9. The Labute approximate surface area is 143 Å². The molecule has 3 aromatic rings. The minimum Gasteiger partial charge on any atom is -0.382 e. The van der Waals surface area contributed by atoms with Gasteiger partial charge >= 0.3 is 0 Å². The van der Waals surface area contributed by atoms with Crippen LogP contribution in [0.4, 0.5) is 5.69 Å². The summed E-state index contributed by atoms with van der Waals surface area (Å²) < 4.78 is 5.31. The van der Waals surface area contributed by atoms with Crippen LogP contribution in [0.1, 0.15) is 0 Å². The lowest BCUT2D eigenvalue weighted by Gasteiger charge is -2.02. The average molecular weight is 331 g/mol. The zero-order valence-corrected chi connectivity index (χ0v) is 13.0. The van der Waals surface area contributed by atoms with Crippen LogP contribution in [0.3, 0.4) is 0 Å². The Hall–Kier alpha value is -3.99. The summed E-state index contributed by atoms with van der Waals surface area (Å²) in [6, 6.07) is 18.3. The van der Waals surface area contributed by atoms with Crippen molar-refractivity contribution in [3.8, 4) is 28.9 Å². The van der Waals surface area contributed by atoms with Gasteiger partial charge in [0.25, 0.3) is 5.89 Å². The van der Waals surface area contributed by atoms with Gasteiger partial charge in [0.1, 0.15) is 6.07 Å². The molecule has 8 nitrogen and oxygen atoms in total. The highest BCUT2D eigenvalue weighted by atomic mass is 16.5. The van der Waals surface area contributed by atoms with E-state index in [0.717, 1.165) is 5.56 Å². The third-order valence-corrected chi connectivity index (χ3v) is 3.23. The lowest BCUT2D eigenvalue weighted by Crippen LogP contribution is -2.21. The first-order chi connectivity index (χ1) is 12.2. The van der Waals surface area contributed by atoms with E-state index in [1.807, 2.05) is 36.4 Å². The summed E-state index contributed by atoms with van der Waals surface area (Å²) in [5.41, 5.74) is 9.87. The normalized spacial score (nSPS) is 10.9. The van der Waals surface area contributed by atoms with Gasteiger partial charge < -0.3 is 10.3 Å². The predicted octanol–water partition coefficient (Wildman–Crippen LogP) is 2.63. The number of nitrogens with zero attached hydrogens (tertiary/aromatic N) is 4. The van der Waals surface area contributed by atoms with Gasteiger partial charge in [0.15, 0.2) is 5.84 Å². The van der Waals surface area contributed by atoms with Crippen molar-refractivity contribution in [3.63, 3.8) is 0 Å². The summed E-state index contributed by atoms with van der Waals surface area (Å²) in [6.07, 6.45) is 0. The van der Waals surface area contributed by atoms with Gasteiger partial charge in [-0.1, -0.05) is 41.6 Å². The Bertz CT molecular complexity index is 970. The minimum absolute atomic E-state index is 0.199. The van der Waals surface area contributed by atoms with Crippen molar-refractivity contribution in [1.82, 2.24) is 10.1 Å². The van der Waals surface area contributed by atoms with Gasteiger partial charge in [-0.15, -0.1) is 0 Å². The number of nitriles is 1. The SMILES string of the molecule is N#C/C(=N\Nc1cccc(-c2nc(-c3ccccc3)no2)c1)C(=N)N. The number of nitrogens with two attached hydrogens (primary N) is 1. The summed E-state index contributed by atoms with van der Waals surface area (Å²) in [4.78, 5) is 4.38. The minimum atomic E-state index is -0.407. The predicted molar refractivity (Wildman–Crippen MR) is 93.8 cm³/mol. The molecule has 0 saturated heterocycles. The van der Waals surface area contributed by atoms with Crippen molar-refractivity contribution in [3.05, 3.63) is 54.6 Å². The lowest BCUT2D eigenvalue weighted by molar-refractivity contribution is 0.432. The summed E-state index contributed by atoms with van der Waals surface area (Å²) in [5.74, 6) is 0.449. The smallest absolute Gasteiger partial charge is 0.258 e. The molecule has 0 aliphatic rings. The number of nitrogens with one attached hydrogen (secondary N) is 2. The molecule has 1 aromatic heterocycles. The molecule has 0 fully saturated rings. The van der Waals surface area contributed by atoms with E-state index in [1.54, 1.807) is 24.3 Å². The summed E-state index contributed by atoms with van der Waals surface area (Å²) >= 11 is 0. The van der Waals surface area contributed by atoms with Gasteiger partial charge in [0, 0.05) is 11.1 Å². The second kappa shape index (κ2) is 7.06. The van der Waals surface area contributed by atoms with Crippen LogP contribution in [0.25, 0.3) is 22.8 Å². The van der Waals surface area contributed by atoms with Crippen molar-refractivity contribution >= 4 is 17.2 Å². The summed E-state index contributed by atoms with van der Waals surface area (Å²) in [7, 11) is 0. The largest absolute Gasteiger partial charge is 0.382 e. The molecular formula is C17H13N7O. The number of benzene rings is 2. The number of rotatable bonds is 5. The van der Waals surface area contributed by atoms with Gasteiger partial charge in [-0.3, -0.25) is 10.8 Å². The number of amidine groups is 1. The van der Waals surface area contributed by atoms with E-state index in [1.165, 1.54) is 0 Å². The fraction of sp³-hybridized carbons (Fsp3) is 0. The van der Waals surface area contributed by atoms with Crippen LogP contribution in [0.5, 0.6) is 0 Å². The molecule has 0 amide bonds. The van der Waals surface area contributed by atoms with Crippen molar-refractivity contribution in [2.75, 3.05) is 5.43 Å². The highest BCUT2D eigenvalue weighted by Gasteiger charge is 2.11. The van der Waals surface area contributed by atoms with E-state index in [9.17, 15) is 0 Å². The number of hydrogen-bond acceptors (Lipinski definition) is 7. The van der Waals surface area contributed by atoms with Gasteiger partial charge in [0.2, 0.25) is 11.5 Å². The average Bonchev–Trinajstić information content (AvgIpc) is 3.13. The van der Waals surface area contributed by atoms with Gasteiger partial charge in [-0.25, -0.2) is 0 Å².